The number of aliphatic hydroxyl groups excluding tert-OH is 1. The molecule has 3 heterocycles. The third-order valence-corrected chi connectivity index (χ3v) is 6.84. The van der Waals surface area contributed by atoms with Gasteiger partial charge in [0.25, 0.3) is 0 Å². The van der Waals surface area contributed by atoms with Crippen LogP contribution in [0.15, 0.2) is 36.5 Å². The fourth-order valence-electron chi connectivity index (χ4n) is 4.76. The summed E-state index contributed by atoms with van der Waals surface area (Å²) in [7, 11) is 3.79. The van der Waals surface area contributed by atoms with E-state index < -0.39 is 5.41 Å². The smallest absolute Gasteiger partial charge is 0.227 e. The highest BCUT2D eigenvalue weighted by Gasteiger charge is 2.36. The van der Waals surface area contributed by atoms with E-state index in [-0.39, 0.29) is 6.61 Å². The summed E-state index contributed by atoms with van der Waals surface area (Å²) in [5.74, 6) is 1.20. The average Bonchev–Trinajstić information content (AvgIpc) is 3.20. The van der Waals surface area contributed by atoms with Crippen LogP contribution in [0.3, 0.4) is 0 Å². The summed E-state index contributed by atoms with van der Waals surface area (Å²) in [5, 5.41) is 26.3. The molecule has 0 amide bonds. The Kier molecular flexibility index (Phi) is 5.60. The van der Waals surface area contributed by atoms with E-state index in [0.29, 0.717) is 23.8 Å². The Morgan fingerprint density at radius 3 is 2.91 bits per heavy atom. The van der Waals surface area contributed by atoms with Crippen molar-refractivity contribution in [3.8, 4) is 23.1 Å². The summed E-state index contributed by atoms with van der Waals surface area (Å²) in [4.78, 5) is 11.4. The second-order valence-corrected chi connectivity index (χ2v) is 9.33. The molecule has 1 atom stereocenters. The van der Waals surface area contributed by atoms with E-state index in [1.54, 1.807) is 13.3 Å². The molecule has 0 fully saturated rings. The number of methoxy groups -OCH3 is 1. The van der Waals surface area contributed by atoms with Crippen molar-refractivity contribution < 1.29 is 9.84 Å². The summed E-state index contributed by atoms with van der Waals surface area (Å²) in [6.45, 7) is 4.49. The van der Waals surface area contributed by atoms with Crippen LogP contribution in [-0.4, -0.2) is 53.8 Å². The van der Waals surface area contributed by atoms with Crippen LogP contribution >= 0.6 is 0 Å². The lowest BCUT2D eigenvalue weighted by Crippen LogP contribution is -2.28. The molecule has 0 aliphatic carbocycles. The van der Waals surface area contributed by atoms with E-state index in [1.165, 1.54) is 11.1 Å². The number of rotatable bonds is 5. The van der Waals surface area contributed by atoms with Crippen LogP contribution in [0, 0.1) is 11.3 Å². The van der Waals surface area contributed by atoms with E-state index in [1.807, 2.05) is 25.1 Å². The Bertz CT molecular complexity index is 1300. The van der Waals surface area contributed by atoms with Crippen LogP contribution in [-0.2, 0) is 18.4 Å². The highest BCUT2D eigenvalue weighted by atomic mass is 16.5. The number of likely N-dealkylation sites (N-methyl/N-ethyl adjacent to an activating group) is 1. The Morgan fingerprint density at radius 1 is 1.29 bits per heavy atom. The lowest BCUT2D eigenvalue weighted by atomic mass is 9.83. The Hall–Kier alpha value is -3.67. The average molecular weight is 457 g/mol. The zero-order valence-electron chi connectivity index (χ0n) is 19.6. The van der Waals surface area contributed by atoms with Gasteiger partial charge in [-0.3, -0.25) is 0 Å². The molecular formula is C26H28N6O2. The van der Waals surface area contributed by atoms with Gasteiger partial charge in [0.15, 0.2) is 0 Å². The van der Waals surface area contributed by atoms with Crippen molar-refractivity contribution in [2.24, 2.45) is 0 Å². The topological polar surface area (TPSA) is 106 Å². The van der Waals surface area contributed by atoms with Gasteiger partial charge in [0.05, 0.1) is 36.3 Å². The number of hydrogen-bond acceptors (Lipinski definition) is 8. The van der Waals surface area contributed by atoms with Gasteiger partial charge in [-0.15, -0.1) is 0 Å². The van der Waals surface area contributed by atoms with Gasteiger partial charge in [-0.1, -0.05) is 6.92 Å². The van der Waals surface area contributed by atoms with Crippen LogP contribution in [0.2, 0.25) is 0 Å². The lowest BCUT2D eigenvalue weighted by molar-refractivity contribution is 0.219. The first kappa shape index (κ1) is 22.1. The molecular weight excluding hydrogens is 428 g/mol. The minimum Gasteiger partial charge on any atom is -0.495 e. The van der Waals surface area contributed by atoms with Gasteiger partial charge in [-0.2, -0.15) is 5.26 Å². The van der Waals surface area contributed by atoms with Crippen LogP contribution < -0.4 is 15.4 Å². The van der Waals surface area contributed by atoms with Gasteiger partial charge in [-0.05, 0) is 60.5 Å². The minimum absolute atomic E-state index is 0.00812. The Morgan fingerprint density at radius 2 is 2.15 bits per heavy atom. The number of nitrogens with zero attached hydrogens (tertiary/aromatic N) is 4. The maximum Gasteiger partial charge on any atom is 0.227 e. The molecule has 34 heavy (non-hydrogen) atoms. The van der Waals surface area contributed by atoms with E-state index in [4.69, 9.17) is 9.72 Å². The number of hydrogen-bond donors (Lipinski definition) is 3. The van der Waals surface area contributed by atoms with Crippen molar-refractivity contribution in [2.45, 2.75) is 25.3 Å². The molecule has 3 aromatic rings. The lowest BCUT2D eigenvalue weighted by Gasteiger charge is -2.26. The first-order chi connectivity index (χ1) is 16.4. The summed E-state index contributed by atoms with van der Waals surface area (Å²) < 4.78 is 5.65. The summed E-state index contributed by atoms with van der Waals surface area (Å²) in [6.07, 6.45) is 2.68. The van der Waals surface area contributed by atoms with E-state index in [2.05, 4.69) is 45.8 Å². The van der Waals surface area contributed by atoms with Crippen LogP contribution in [0.4, 0.5) is 17.3 Å². The number of benzene rings is 2. The highest BCUT2D eigenvalue weighted by molar-refractivity contribution is 5.76. The number of nitrogens with one attached hydrogen (secondary N) is 2. The normalized spacial score (nSPS) is 19.0. The predicted molar refractivity (Wildman–Crippen MR) is 131 cm³/mol. The summed E-state index contributed by atoms with van der Waals surface area (Å²) in [5.41, 5.74) is 6.71. The molecule has 8 heteroatoms. The monoisotopic (exact) mass is 456 g/mol. The van der Waals surface area contributed by atoms with Gasteiger partial charge >= 0.3 is 0 Å². The molecule has 5 rings (SSSR count). The molecule has 2 aromatic carbocycles. The maximum absolute atomic E-state index is 9.98. The molecule has 3 N–H and O–H groups in total. The van der Waals surface area contributed by atoms with Gasteiger partial charge in [0.1, 0.15) is 11.8 Å². The predicted octanol–water partition coefficient (Wildman–Crippen LogP) is 3.43. The summed E-state index contributed by atoms with van der Waals surface area (Å²) >= 11 is 0. The first-order valence-electron chi connectivity index (χ1n) is 11.4. The zero-order chi connectivity index (χ0) is 23.9. The first-order valence-corrected chi connectivity index (χ1v) is 11.4. The molecule has 0 unspecified atom stereocenters. The molecule has 174 valence electrons. The number of nitriles is 1. The second-order valence-electron chi connectivity index (χ2n) is 9.33. The van der Waals surface area contributed by atoms with Crippen LogP contribution in [0.5, 0.6) is 5.75 Å². The van der Waals surface area contributed by atoms with Crippen molar-refractivity contribution >= 4 is 17.3 Å². The number of anilines is 3. The molecule has 0 radical (unpaired) electrons. The molecule has 2 aliphatic heterocycles. The minimum atomic E-state index is -0.449. The summed E-state index contributed by atoms with van der Waals surface area (Å²) in [6, 6.07) is 12.1. The zero-order valence-corrected chi connectivity index (χ0v) is 19.6. The van der Waals surface area contributed by atoms with Crippen molar-refractivity contribution in [1.29, 1.82) is 5.26 Å². The van der Waals surface area contributed by atoms with Crippen LogP contribution in [0.25, 0.3) is 11.3 Å². The van der Waals surface area contributed by atoms with Crippen molar-refractivity contribution in [1.82, 2.24) is 14.9 Å². The Balaban J connectivity index is 1.50. The number of fused-ring (bicyclic) bond motifs is 2. The number of aromatic nitrogens is 2. The molecule has 0 bridgehead atoms. The van der Waals surface area contributed by atoms with E-state index in [0.717, 1.165) is 47.8 Å². The maximum atomic E-state index is 9.98. The molecule has 8 nitrogen and oxygen atoms in total. The quantitative estimate of drug-likeness (QED) is 0.536. The molecule has 2 aliphatic rings. The van der Waals surface area contributed by atoms with Gasteiger partial charge < -0.3 is 25.4 Å². The van der Waals surface area contributed by atoms with Crippen molar-refractivity contribution in [2.75, 3.05) is 44.5 Å². The van der Waals surface area contributed by atoms with Gasteiger partial charge in [-0.25, -0.2) is 9.97 Å². The molecule has 0 saturated carbocycles. The second kappa shape index (κ2) is 8.60. The largest absolute Gasteiger partial charge is 0.495 e. The molecule has 1 aromatic heterocycles. The fourth-order valence-corrected chi connectivity index (χ4v) is 4.76. The SMILES string of the molecule is COc1cc2c(cc1Nc1nccc(-c3cc(C#N)c4c(c3)[C@@](C)(CO)CN4)n1)CCN(C)C2. The van der Waals surface area contributed by atoms with Gasteiger partial charge in [0.2, 0.25) is 5.95 Å². The number of aliphatic hydroxyl groups is 1. The Labute approximate surface area is 199 Å². The molecule has 0 saturated heterocycles. The van der Waals surface area contributed by atoms with Crippen molar-refractivity contribution in [3.63, 3.8) is 0 Å². The standard InChI is InChI=1S/C26H28N6O2/c1-26(15-33)14-29-24-18(12-27)8-17(9-20(24)26)21-4-6-28-25(30-21)31-22-10-16-5-7-32(2)13-19(16)11-23(22)34-3/h4,6,8-11,29,33H,5,7,13-15H2,1-3H3,(H,28,30,31)/t26-/m1/s1. The van der Waals surface area contributed by atoms with E-state index in [9.17, 15) is 10.4 Å². The molecule has 0 spiro atoms. The fraction of sp³-hybridized carbons (Fsp3) is 0.346. The highest BCUT2D eigenvalue weighted by Crippen LogP contribution is 2.41. The third-order valence-electron chi connectivity index (χ3n) is 6.84. The van der Waals surface area contributed by atoms with E-state index >= 15 is 0 Å². The third kappa shape index (κ3) is 3.83. The van der Waals surface area contributed by atoms with Crippen molar-refractivity contribution in [3.05, 3.63) is 58.8 Å². The van der Waals surface area contributed by atoms with Crippen LogP contribution in [0.1, 0.15) is 29.2 Å². The van der Waals surface area contributed by atoms with Gasteiger partial charge in [0, 0.05) is 36.8 Å². The number of ether oxygens (including phenoxy) is 1.